The van der Waals surface area contributed by atoms with Crippen molar-refractivity contribution in [2.75, 3.05) is 0 Å². The van der Waals surface area contributed by atoms with Crippen LogP contribution in [0.1, 0.15) is 30.4 Å². The number of hydrogen-bond acceptors (Lipinski definition) is 1. The van der Waals surface area contributed by atoms with Crippen molar-refractivity contribution in [1.29, 1.82) is 0 Å². The summed E-state index contributed by atoms with van der Waals surface area (Å²) in [6, 6.07) is 6.17. The van der Waals surface area contributed by atoms with Crippen molar-refractivity contribution in [2.24, 2.45) is 0 Å². The number of hydrogen-bond donors (Lipinski definition) is 0. The van der Waals surface area contributed by atoms with Gasteiger partial charge in [-0.2, -0.15) is 0 Å². The predicted molar refractivity (Wildman–Crippen MR) is 58.0 cm³/mol. The number of carbonyl (C=O) groups is 1. The van der Waals surface area contributed by atoms with Gasteiger partial charge in [-0.1, -0.05) is 28.9 Å². The molecule has 0 fully saturated rings. The molecule has 0 heterocycles. The van der Waals surface area contributed by atoms with Crippen LogP contribution in [0.15, 0.2) is 22.7 Å². The van der Waals surface area contributed by atoms with Crippen LogP contribution in [0.2, 0.25) is 0 Å². The van der Waals surface area contributed by atoms with Crippen LogP contribution in [0.3, 0.4) is 0 Å². The van der Waals surface area contributed by atoms with Crippen molar-refractivity contribution in [3.8, 4) is 0 Å². The van der Waals surface area contributed by atoms with Gasteiger partial charge in [0.05, 0.1) is 0 Å². The van der Waals surface area contributed by atoms with E-state index in [2.05, 4.69) is 41.9 Å². The molecule has 0 aliphatic heterocycles. The molecule has 70 valence electrons. The van der Waals surface area contributed by atoms with E-state index in [0.717, 1.165) is 10.8 Å². The summed E-state index contributed by atoms with van der Waals surface area (Å²) in [7, 11) is 0. The van der Waals surface area contributed by atoms with Crippen LogP contribution in [0, 0.1) is 6.92 Å². The lowest BCUT2D eigenvalue weighted by Crippen LogP contribution is -1.97. The maximum atomic E-state index is 10.4. The summed E-state index contributed by atoms with van der Waals surface area (Å²) in [6.07, 6.45) is 1.58. The topological polar surface area (TPSA) is 17.1 Å². The Labute approximate surface area is 87.3 Å². The Balaban J connectivity index is 2.94. The number of benzene rings is 1. The van der Waals surface area contributed by atoms with Crippen LogP contribution in [0.4, 0.5) is 0 Å². The van der Waals surface area contributed by atoms with Crippen LogP contribution in [0.5, 0.6) is 0 Å². The van der Waals surface area contributed by atoms with E-state index in [1.165, 1.54) is 11.1 Å². The Morgan fingerprint density at radius 3 is 2.77 bits per heavy atom. The largest absolute Gasteiger partial charge is 0.303 e. The molecule has 0 spiro atoms. The van der Waals surface area contributed by atoms with E-state index in [-0.39, 0.29) is 0 Å². The second-order valence-corrected chi connectivity index (χ2v) is 4.22. The normalized spacial score (nSPS) is 12.5. The van der Waals surface area contributed by atoms with Gasteiger partial charge in [0.2, 0.25) is 0 Å². The number of carbonyl (C=O) groups excluding carboxylic acids is 1. The molecule has 1 nitrogen and oxygen atoms in total. The van der Waals surface area contributed by atoms with Gasteiger partial charge in [0.1, 0.15) is 6.29 Å². The van der Waals surface area contributed by atoms with E-state index in [0.29, 0.717) is 12.3 Å². The average molecular weight is 241 g/mol. The molecule has 0 radical (unpaired) electrons. The fraction of sp³-hybridized carbons (Fsp3) is 0.364. The summed E-state index contributed by atoms with van der Waals surface area (Å²) >= 11 is 3.41. The van der Waals surface area contributed by atoms with E-state index in [4.69, 9.17) is 0 Å². The third-order valence-corrected chi connectivity index (χ3v) is 2.71. The number of aryl methyl sites for hydroxylation is 1. The van der Waals surface area contributed by atoms with Crippen molar-refractivity contribution < 1.29 is 4.79 Å². The molecule has 13 heavy (non-hydrogen) atoms. The van der Waals surface area contributed by atoms with Crippen molar-refractivity contribution in [2.45, 2.75) is 26.2 Å². The average Bonchev–Trinajstić information content (AvgIpc) is 2.04. The predicted octanol–water partition coefficient (Wildman–Crippen LogP) is 3.45. The maximum Gasteiger partial charge on any atom is 0.120 e. The Hall–Kier alpha value is -0.630. The fourth-order valence-corrected chi connectivity index (χ4v) is 1.94. The highest BCUT2D eigenvalue weighted by Crippen LogP contribution is 2.24. The quantitative estimate of drug-likeness (QED) is 0.740. The van der Waals surface area contributed by atoms with Crippen molar-refractivity contribution >= 4 is 22.2 Å². The first kappa shape index (κ1) is 10.5. The molecule has 0 saturated heterocycles. The third-order valence-electron chi connectivity index (χ3n) is 2.21. The lowest BCUT2D eigenvalue weighted by Gasteiger charge is -2.11. The minimum Gasteiger partial charge on any atom is -0.303 e. The molecule has 0 amide bonds. The third kappa shape index (κ3) is 2.66. The Morgan fingerprint density at radius 2 is 2.23 bits per heavy atom. The van der Waals surface area contributed by atoms with E-state index < -0.39 is 0 Å². The molecule has 1 atom stereocenters. The van der Waals surface area contributed by atoms with Crippen LogP contribution < -0.4 is 0 Å². The van der Waals surface area contributed by atoms with E-state index in [1.807, 2.05) is 6.07 Å². The highest BCUT2D eigenvalue weighted by atomic mass is 79.9. The second kappa shape index (κ2) is 4.56. The monoisotopic (exact) mass is 240 g/mol. The van der Waals surface area contributed by atoms with Crippen molar-refractivity contribution in [3.63, 3.8) is 0 Å². The van der Waals surface area contributed by atoms with Gasteiger partial charge in [0.25, 0.3) is 0 Å². The first-order valence-corrected chi connectivity index (χ1v) is 5.14. The zero-order valence-electron chi connectivity index (χ0n) is 7.88. The molecule has 0 aliphatic rings. The number of aldehydes is 1. The number of rotatable bonds is 3. The van der Waals surface area contributed by atoms with Gasteiger partial charge in [-0.05, 0) is 36.1 Å². The maximum absolute atomic E-state index is 10.4. The van der Waals surface area contributed by atoms with Crippen LogP contribution >= 0.6 is 15.9 Å². The van der Waals surface area contributed by atoms with Crippen LogP contribution in [-0.2, 0) is 4.79 Å². The van der Waals surface area contributed by atoms with Crippen molar-refractivity contribution in [3.05, 3.63) is 33.8 Å². The summed E-state index contributed by atoms with van der Waals surface area (Å²) in [5.41, 5.74) is 2.50. The van der Waals surface area contributed by atoms with Gasteiger partial charge < -0.3 is 4.79 Å². The molecule has 0 saturated carbocycles. The minimum absolute atomic E-state index is 0.325. The first-order valence-electron chi connectivity index (χ1n) is 4.35. The van der Waals surface area contributed by atoms with Crippen molar-refractivity contribution in [1.82, 2.24) is 0 Å². The fourth-order valence-electron chi connectivity index (χ4n) is 1.46. The molecular weight excluding hydrogens is 228 g/mol. The highest BCUT2D eigenvalue weighted by molar-refractivity contribution is 9.10. The van der Waals surface area contributed by atoms with Gasteiger partial charge in [0.15, 0.2) is 0 Å². The molecule has 0 bridgehead atoms. The first-order chi connectivity index (χ1) is 6.15. The molecule has 0 N–H and O–H groups in total. The molecule has 1 rings (SSSR count). The summed E-state index contributed by atoms with van der Waals surface area (Å²) in [6.45, 7) is 4.14. The van der Waals surface area contributed by atoms with E-state index in [9.17, 15) is 4.79 Å². The molecule has 1 aromatic rings. The standard InChI is InChI=1S/C11H13BrO/c1-8(5-6-13)11-4-3-10(12)7-9(11)2/h3-4,6-8H,5H2,1-2H3. The van der Waals surface area contributed by atoms with E-state index in [1.54, 1.807) is 0 Å². The van der Waals surface area contributed by atoms with E-state index >= 15 is 0 Å². The lowest BCUT2D eigenvalue weighted by atomic mass is 9.94. The molecule has 1 unspecified atom stereocenters. The highest BCUT2D eigenvalue weighted by Gasteiger charge is 2.07. The van der Waals surface area contributed by atoms with Gasteiger partial charge in [-0.25, -0.2) is 0 Å². The summed E-state index contributed by atoms with van der Waals surface area (Å²) in [4.78, 5) is 10.4. The van der Waals surface area contributed by atoms with Crippen LogP contribution in [-0.4, -0.2) is 6.29 Å². The SMILES string of the molecule is Cc1cc(Br)ccc1C(C)CC=O. The molecule has 1 aromatic carbocycles. The van der Waals surface area contributed by atoms with Crippen LogP contribution in [0.25, 0.3) is 0 Å². The van der Waals surface area contributed by atoms with Gasteiger partial charge in [-0.15, -0.1) is 0 Å². The van der Waals surface area contributed by atoms with Gasteiger partial charge in [-0.3, -0.25) is 0 Å². The Bertz CT molecular complexity index is 307. The molecule has 0 aromatic heterocycles. The zero-order valence-corrected chi connectivity index (χ0v) is 9.47. The van der Waals surface area contributed by atoms with Gasteiger partial charge >= 0.3 is 0 Å². The summed E-state index contributed by atoms with van der Waals surface area (Å²) in [5.74, 6) is 0.325. The Kier molecular flexibility index (Phi) is 3.67. The second-order valence-electron chi connectivity index (χ2n) is 3.30. The molecule has 2 heteroatoms. The molecular formula is C11H13BrO. The number of halogens is 1. The zero-order chi connectivity index (χ0) is 9.84. The molecule has 0 aliphatic carbocycles. The Morgan fingerprint density at radius 1 is 1.54 bits per heavy atom. The van der Waals surface area contributed by atoms with Gasteiger partial charge in [0, 0.05) is 10.9 Å². The smallest absolute Gasteiger partial charge is 0.120 e. The lowest BCUT2D eigenvalue weighted by molar-refractivity contribution is -0.108. The summed E-state index contributed by atoms with van der Waals surface area (Å²) in [5, 5.41) is 0. The minimum atomic E-state index is 0.325. The summed E-state index contributed by atoms with van der Waals surface area (Å²) < 4.78 is 1.09.